The van der Waals surface area contributed by atoms with Gasteiger partial charge in [-0.3, -0.25) is 0 Å². The van der Waals surface area contributed by atoms with E-state index in [2.05, 4.69) is 5.32 Å². The Bertz CT molecular complexity index is 604. The molecule has 0 aliphatic carbocycles. The number of benzene rings is 2. The minimum Gasteiger partial charge on any atom is -0.392 e. The van der Waals surface area contributed by atoms with Gasteiger partial charge in [0.2, 0.25) is 0 Å². The molecule has 2 aromatic rings. The number of halogens is 2. The second kappa shape index (κ2) is 8.25. The van der Waals surface area contributed by atoms with Gasteiger partial charge in [-0.1, -0.05) is 35.9 Å². The molecule has 0 unspecified atom stereocenters. The third-order valence-corrected chi connectivity index (χ3v) is 3.70. The number of hydrogen-bond donors (Lipinski definition) is 2. The van der Waals surface area contributed by atoms with Crippen molar-refractivity contribution in [2.45, 2.75) is 19.2 Å². The first-order valence-electron chi connectivity index (χ1n) is 7.00. The summed E-state index contributed by atoms with van der Waals surface area (Å²) in [6.45, 7) is 0.703. The van der Waals surface area contributed by atoms with Gasteiger partial charge in [0.25, 0.3) is 0 Å². The van der Waals surface area contributed by atoms with Gasteiger partial charge in [-0.2, -0.15) is 0 Å². The number of aliphatic hydroxyl groups excluding tert-OH is 1. The van der Waals surface area contributed by atoms with Crippen LogP contribution in [0.15, 0.2) is 42.5 Å². The molecule has 0 amide bonds. The zero-order chi connectivity index (χ0) is 15.9. The number of ether oxygens (including phenoxy) is 1. The number of nitrogens with one attached hydrogen (secondary N) is 1. The minimum atomic E-state index is -0.392. The molecular weight excluding hydrogens is 305 g/mol. The Morgan fingerprint density at radius 1 is 1.23 bits per heavy atom. The molecule has 0 aliphatic heterocycles. The molecule has 22 heavy (non-hydrogen) atoms. The van der Waals surface area contributed by atoms with E-state index in [9.17, 15) is 4.39 Å². The van der Waals surface area contributed by atoms with E-state index in [-0.39, 0.29) is 12.6 Å². The molecule has 0 saturated heterocycles. The summed E-state index contributed by atoms with van der Waals surface area (Å²) in [6.07, 6.45) is 0. The van der Waals surface area contributed by atoms with Crippen LogP contribution in [0.25, 0.3) is 0 Å². The zero-order valence-corrected chi connectivity index (χ0v) is 13.1. The van der Waals surface area contributed by atoms with E-state index in [0.29, 0.717) is 23.7 Å². The van der Waals surface area contributed by atoms with E-state index in [1.807, 2.05) is 24.3 Å². The van der Waals surface area contributed by atoms with Gasteiger partial charge in [-0.25, -0.2) is 4.39 Å². The monoisotopic (exact) mass is 323 g/mol. The average molecular weight is 324 g/mol. The summed E-state index contributed by atoms with van der Waals surface area (Å²) in [5.41, 5.74) is 2.17. The molecule has 0 bridgehead atoms. The Morgan fingerprint density at radius 3 is 2.55 bits per heavy atom. The highest BCUT2D eigenvalue weighted by atomic mass is 35.5. The number of aliphatic hydroxyl groups is 1. The van der Waals surface area contributed by atoms with Gasteiger partial charge >= 0.3 is 0 Å². The Labute approximate surface area is 134 Å². The van der Waals surface area contributed by atoms with Crippen molar-refractivity contribution in [1.29, 1.82) is 0 Å². The van der Waals surface area contributed by atoms with Crippen LogP contribution in [0.2, 0.25) is 5.02 Å². The van der Waals surface area contributed by atoms with Crippen LogP contribution in [0, 0.1) is 5.82 Å². The maximum absolute atomic E-state index is 13.7. The molecule has 5 heteroatoms. The van der Waals surface area contributed by atoms with Crippen molar-refractivity contribution < 1.29 is 14.2 Å². The van der Waals surface area contributed by atoms with E-state index in [0.717, 1.165) is 11.1 Å². The fourth-order valence-corrected chi connectivity index (χ4v) is 2.33. The lowest BCUT2D eigenvalue weighted by atomic mass is 10.1. The molecule has 0 aliphatic rings. The summed E-state index contributed by atoms with van der Waals surface area (Å²) in [7, 11) is 1.64. The fraction of sp³-hybridized carbons (Fsp3) is 0.294. The molecule has 0 saturated carbocycles. The summed E-state index contributed by atoms with van der Waals surface area (Å²) >= 11 is 5.90. The summed E-state index contributed by atoms with van der Waals surface area (Å²) in [5, 5.41) is 13.0. The largest absolute Gasteiger partial charge is 0.392 e. The summed E-state index contributed by atoms with van der Waals surface area (Å²) in [4.78, 5) is 0. The highest BCUT2D eigenvalue weighted by Crippen LogP contribution is 2.18. The Balaban J connectivity index is 2.05. The van der Waals surface area contributed by atoms with Crippen molar-refractivity contribution >= 4 is 11.6 Å². The predicted octanol–water partition coefficient (Wildman–Crippen LogP) is 3.45. The second-order valence-corrected chi connectivity index (χ2v) is 5.46. The van der Waals surface area contributed by atoms with Gasteiger partial charge in [0.1, 0.15) is 5.82 Å². The van der Waals surface area contributed by atoms with Crippen LogP contribution < -0.4 is 5.32 Å². The minimum absolute atomic E-state index is 0.0113. The van der Waals surface area contributed by atoms with Crippen molar-refractivity contribution in [3.05, 3.63) is 70.0 Å². The van der Waals surface area contributed by atoms with E-state index in [1.54, 1.807) is 19.2 Å². The SMILES string of the molecule is COC[C@H](NCc1ccc(CO)c(F)c1)c1ccc(Cl)cc1. The average Bonchev–Trinajstić information content (AvgIpc) is 2.52. The third kappa shape index (κ3) is 4.52. The normalized spacial score (nSPS) is 12.4. The molecule has 0 aromatic heterocycles. The second-order valence-electron chi connectivity index (χ2n) is 5.02. The van der Waals surface area contributed by atoms with Crippen LogP contribution in [-0.4, -0.2) is 18.8 Å². The Hall–Kier alpha value is -1.46. The van der Waals surface area contributed by atoms with Crippen LogP contribution >= 0.6 is 11.6 Å². The highest BCUT2D eigenvalue weighted by molar-refractivity contribution is 6.30. The van der Waals surface area contributed by atoms with Crippen molar-refractivity contribution in [1.82, 2.24) is 5.32 Å². The van der Waals surface area contributed by atoms with Crippen molar-refractivity contribution in [3.8, 4) is 0 Å². The molecule has 118 valence electrons. The number of rotatable bonds is 7. The van der Waals surface area contributed by atoms with Crippen molar-refractivity contribution in [2.24, 2.45) is 0 Å². The third-order valence-electron chi connectivity index (χ3n) is 3.45. The van der Waals surface area contributed by atoms with Gasteiger partial charge in [0.05, 0.1) is 19.3 Å². The zero-order valence-electron chi connectivity index (χ0n) is 12.4. The predicted molar refractivity (Wildman–Crippen MR) is 85.2 cm³/mol. The lowest BCUT2D eigenvalue weighted by Crippen LogP contribution is -2.25. The molecular formula is C17H19ClFNO2. The van der Waals surface area contributed by atoms with Crippen molar-refractivity contribution in [2.75, 3.05) is 13.7 Å². The Kier molecular flexibility index (Phi) is 6.34. The van der Waals surface area contributed by atoms with Gasteiger partial charge in [-0.05, 0) is 29.3 Å². The fourth-order valence-electron chi connectivity index (χ4n) is 2.20. The Morgan fingerprint density at radius 2 is 1.95 bits per heavy atom. The van der Waals surface area contributed by atoms with Crippen LogP contribution in [0.1, 0.15) is 22.7 Å². The lowest BCUT2D eigenvalue weighted by molar-refractivity contribution is 0.166. The molecule has 2 rings (SSSR count). The maximum atomic E-state index is 13.7. The van der Waals surface area contributed by atoms with E-state index in [4.69, 9.17) is 21.4 Å². The first kappa shape index (κ1) is 16.9. The molecule has 2 N–H and O–H groups in total. The van der Waals surface area contributed by atoms with Gasteiger partial charge < -0.3 is 15.2 Å². The number of hydrogen-bond acceptors (Lipinski definition) is 3. The highest BCUT2D eigenvalue weighted by Gasteiger charge is 2.11. The van der Waals surface area contributed by atoms with Crippen molar-refractivity contribution in [3.63, 3.8) is 0 Å². The molecule has 0 radical (unpaired) electrons. The molecule has 0 heterocycles. The smallest absolute Gasteiger partial charge is 0.129 e. The van der Waals surface area contributed by atoms with E-state index in [1.165, 1.54) is 6.07 Å². The molecule has 2 aromatic carbocycles. The van der Waals surface area contributed by atoms with Gasteiger partial charge in [0.15, 0.2) is 0 Å². The molecule has 0 spiro atoms. The molecule has 3 nitrogen and oxygen atoms in total. The number of methoxy groups -OCH3 is 1. The van der Waals surface area contributed by atoms with E-state index < -0.39 is 5.82 Å². The van der Waals surface area contributed by atoms with Gasteiger partial charge in [0, 0.05) is 24.2 Å². The van der Waals surface area contributed by atoms with Crippen LogP contribution in [0.3, 0.4) is 0 Å². The topological polar surface area (TPSA) is 41.5 Å². The van der Waals surface area contributed by atoms with Crippen LogP contribution in [0.5, 0.6) is 0 Å². The van der Waals surface area contributed by atoms with Crippen LogP contribution in [0.4, 0.5) is 4.39 Å². The quantitative estimate of drug-likeness (QED) is 0.820. The molecule has 1 atom stereocenters. The summed E-state index contributed by atoms with van der Waals surface area (Å²) in [5.74, 6) is -0.392. The van der Waals surface area contributed by atoms with Gasteiger partial charge in [-0.15, -0.1) is 0 Å². The molecule has 0 fully saturated rings. The first-order valence-corrected chi connectivity index (χ1v) is 7.37. The summed E-state index contributed by atoms with van der Waals surface area (Å²) < 4.78 is 18.9. The van der Waals surface area contributed by atoms with E-state index >= 15 is 0 Å². The lowest BCUT2D eigenvalue weighted by Gasteiger charge is -2.19. The van der Waals surface area contributed by atoms with Crippen LogP contribution in [-0.2, 0) is 17.9 Å². The standard InChI is InChI=1S/C17H19ClFNO2/c1-22-11-17(13-4-6-15(18)7-5-13)20-9-12-2-3-14(10-21)16(19)8-12/h2-8,17,20-21H,9-11H2,1H3/t17-/m0/s1. The summed E-state index contributed by atoms with van der Waals surface area (Å²) in [6, 6.07) is 12.4. The first-order chi connectivity index (χ1) is 10.6. The maximum Gasteiger partial charge on any atom is 0.129 e.